The zero-order chi connectivity index (χ0) is 29.3. The Bertz CT molecular complexity index is 1940. The first kappa shape index (κ1) is 27.8. The number of hydrogen-bond acceptors (Lipinski definition) is 8. The Kier molecular flexibility index (Phi) is 7.46. The number of ether oxygens (including phenoxy) is 3. The summed E-state index contributed by atoms with van der Waals surface area (Å²) in [6, 6.07) is 18.9. The minimum absolute atomic E-state index is 0.0610. The summed E-state index contributed by atoms with van der Waals surface area (Å²) in [6.45, 7) is 1.78. The third kappa shape index (κ3) is 5.36. The number of nitrogens with one attached hydrogen (secondary N) is 1. The molecular weight excluding hydrogens is 548 g/mol. The lowest BCUT2D eigenvalue weighted by atomic mass is 9.98. The van der Waals surface area contributed by atoms with Crippen molar-refractivity contribution in [1.82, 2.24) is 4.57 Å². The number of carbonyl (C=O) groups is 1. The van der Waals surface area contributed by atoms with Crippen molar-refractivity contribution in [3.05, 3.63) is 88.2 Å². The highest BCUT2D eigenvalue weighted by atomic mass is 32.2. The monoisotopic (exact) mass is 576 g/mol. The summed E-state index contributed by atoms with van der Waals surface area (Å²) in [7, 11) is -0.476. The van der Waals surface area contributed by atoms with Crippen LogP contribution in [-0.4, -0.2) is 46.0 Å². The topological polar surface area (TPSA) is 126 Å². The molecule has 0 aliphatic heterocycles. The number of esters is 1. The molecule has 0 atom stereocenters. The molecule has 5 aromatic rings. The number of nitrogens with zero attached hydrogens (tertiary/aromatic N) is 1. The highest BCUT2D eigenvalue weighted by Gasteiger charge is 2.29. The Morgan fingerprint density at radius 1 is 1.00 bits per heavy atom. The predicted molar refractivity (Wildman–Crippen MR) is 156 cm³/mol. The third-order valence-electron chi connectivity index (χ3n) is 6.55. The number of anilines is 1. The number of hydrogen-bond donors (Lipinski definition) is 1. The lowest BCUT2D eigenvalue weighted by Gasteiger charge is -2.16. The van der Waals surface area contributed by atoms with Gasteiger partial charge in [0.2, 0.25) is 10.0 Å². The molecule has 11 heteroatoms. The maximum atomic E-state index is 14.3. The van der Waals surface area contributed by atoms with Crippen molar-refractivity contribution >= 4 is 43.7 Å². The van der Waals surface area contributed by atoms with Gasteiger partial charge in [0.1, 0.15) is 22.6 Å². The number of sulfonamides is 1. The summed E-state index contributed by atoms with van der Waals surface area (Å²) < 4.78 is 50.2. The van der Waals surface area contributed by atoms with Crippen molar-refractivity contribution in [3.63, 3.8) is 0 Å². The minimum atomic E-state index is -3.56. The Hall–Kier alpha value is -4.77. The van der Waals surface area contributed by atoms with Crippen molar-refractivity contribution in [2.75, 3.05) is 31.8 Å². The summed E-state index contributed by atoms with van der Waals surface area (Å²) in [4.78, 5) is 27.7. The van der Waals surface area contributed by atoms with E-state index in [9.17, 15) is 18.0 Å². The summed E-state index contributed by atoms with van der Waals surface area (Å²) in [5.74, 6) is 0.365. The molecule has 5 rings (SSSR count). The second kappa shape index (κ2) is 11.0. The van der Waals surface area contributed by atoms with Gasteiger partial charge in [0.05, 0.1) is 44.8 Å². The van der Waals surface area contributed by atoms with Crippen molar-refractivity contribution in [1.29, 1.82) is 0 Å². The van der Waals surface area contributed by atoms with E-state index in [-0.39, 0.29) is 35.5 Å². The van der Waals surface area contributed by atoms with Crippen LogP contribution < -0.4 is 19.8 Å². The number of aromatic nitrogens is 1. The second-order valence-electron chi connectivity index (χ2n) is 9.27. The van der Waals surface area contributed by atoms with Gasteiger partial charge in [-0.05, 0) is 42.8 Å². The van der Waals surface area contributed by atoms with Gasteiger partial charge in [-0.1, -0.05) is 30.3 Å². The Morgan fingerprint density at radius 3 is 2.39 bits per heavy atom. The zero-order valence-corrected chi connectivity index (χ0v) is 23.7. The lowest BCUT2D eigenvalue weighted by molar-refractivity contribution is 0.0524. The van der Waals surface area contributed by atoms with E-state index < -0.39 is 21.6 Å². The van der Waals surface area contributed by atoms with Crippen molar-refractivity contribution < 1.29 is 31.8 Å². The molecule has 0 aliphatic carbocycles. The molecule has 0 bridgehead atoms. The molecular formula is C30H28N2O8S. The van der Waals surface area contributed by atoms with Crippen LogP contribution in [0.15, 0.2) is 75.9 Å². The average Bonchev–Trinajstić information content (AvgIpc) is 3.32. The van der Waals surface area contributed by atoms with Crippen LogP contribution in [0.1, 0.15) is 22.8 Å². The molecule has 1 N–H and O–H groups in total. The fourth-order valence-electron chi connectivity index (χ4n) is 4.84. The van der Waals surface area contributed by atoms with Crippen LogP contribution in [0.2, 0.25) is 0 Å². The van der Waals surface area contributed by atoms with Crippen LogP contribution in [0.3, 0.4) is 0 Å². The van der Waals surface area contributed by atoms with E-state index in [0.717, 1.165) is 6.26 Å². The third-order valence-corrected chi connectivity index (χ3v) is 7.16. The molecule has 0 spiro atoms. The zero-order valence-electron chi connectivity index (χ0n) is 22.9. The lowest BCUT2D eigenvalue weighted by Crippen LogP contribution is -2.29. The van der Waals surface area contributed by atoms with Crippen LogP contribution in [0.5, 0.6) is 11.5 Å². The number of rotatable bonds is 9. The van der Waals surface area contributed by atoms with Gasteiger partial charge in [0.15, 0.2) is 5.58 Å². The SMILES string of the molecule is CCOC(=O)c1c(-c2ccc(OC)cc2)c2oc3cc(NS(C)(=O)=O)ccc3c2n(Cc2ccccc2OC)c1=O. The highest BCUT2D eigenvalue weighted by Crippen LogP contribution is 2.39. The van der Waals surface area contributed by atoms with Gasteiger partial charge >= 0.3 is 5.97 Å². The minimum Gasteiger partial charge on any atom is -0.497 e. The highest BCUT2D eigenvalue weighted by molar-refractivity contribution is 7.92. The first-order valence-corrected chi connectivity index (χ1v) is 14.6. The number of carbonyl (C=O) groups excluding carboxylic acids is 1. The first-order chi connectivity index (χ1) is 19.6. The van der Waals surface area contributed by atoms with Gasteiger partial charge in [0, 0.05) is 22.6 Å². The molecule has 0 aliphatic rings. The van der Waals surface area contributed by atoms with Crippen molar-refractivity contribution in [2.45, 2.75) is 13.5 Å². The molecule has 41 heavy (non-hydrogen) atoms. The normalized spacial score (nSPS) is 11.5. The van der Waals surface area contributed by atoms with E-state index in [0.29, 0.717) is 39.1 Å². The number of furan rings is 1. The summed E-state index contributed by atoms with van der Waals surface area (Å²) in [5, 5.41) is 0.552. The van der Waals surface area contributed by atoms with Crippen molar-refractivity contribution in [3.8, 4) is 22.6 Å². The molecule has 0 saturated heterocycles. The number of fused-ring (bicyclic) bond motifs is 3. The molecule has 212 valence electrons. The molecule has 0 fully saturated rings. The Morgan fingerprint density at radius 2 is 1.73 bits per heavy atom. The fourth-order valence-corrected chi connectivity index (χ4v) is 5.39. The molecule has 0 unspecified atom stereocenters. The molecule has 2 heterocycles. The summed E-state index contributed by atoms with van der Waals surface area (Å²) in [6.07, 6.45) is 1.05. The first-order valence-electron chi connectivity index (χ1n) is 12.7. The number of para-hydroxylation sites is 1. The van der Waals surface area contributed by atoms with Crippen LogP contribution in [-0.2, 0) is 21.3 Å². The van der Waals surface area contributed by atoms with Gasteiger partial charge in [-0.3, -0.25) is 14.1 Å². The number of benzene rings is 3. The van der Waals surface area contributed by atoms with Gasteiger partial charge in [0.25, 0.3) is 5.56 Å². The van der Waals surface area contributed by atoms with Gasteiger partial charge < -0.3 is 18.6 Å². The number of methoxy groups -OCH3 is 2. The quantitative estimate of drug-likeness (QED) is 0.242. The predicted octanol–water partition coefficient (Wildman–Crippen LogP) is 5.03. The molecule has 3 aromatic carbocycles. The van der Waals surface area contributed by atoms with E-state index in [1.165, 1.54) is 24.9 Å². The maximum absolute atomic E-state index is 14.3. The summed E-state index contributed by atoms with van der Waals surface area (Å²) in [5.41, 5.74) is 2.04. The fraction of sp³-hybridized carbons (Fsp3) is 0.200. The van der Waals surface area contributed by atoms with Gasteiger partial charge in [-0.15, -0.1) is 0 Å². The summed E-state index contributed by atoms with van der Waals surface area (Å²) >= 11 is 0. The standard InChI is InChI=1S/C30H28N2O8S/c1-5-39-30(34)26-25(18-10-13-21(37-2)14-11-18)28-27(22-15-12-20(16-24(22)40-28)31-41(4,35)36)32(29(26)33)17-19-8-6-7-9-23(19)38-3/h6-16,31H,5,17H2,1-4H3. The second-order valence-corrected chi connectivity index (χ2v) is 11.0. The molecule has 0 saturated carbocycles. The average molecular weight is 577 g/mol. The van der Waals surface area contributed by atoms with Crippen LogP contribution in [0, 0.1) is 0 Å². The molecule has 2 aromatic heterocycles. The van der Waals surface area contributed by atoms with E-state index >= 15 is 0 Å². The van der Waals surface area contributed by atoms with Crippen LogP contribution in [0.4, 0.5) is 5.69 Å². The van der Waals surface area contributed by atoms with E-state index in [4.69, 9.17) is 18.6 Å². The Balaban J connectivity index is 1.91. The van der Waals surface area contributed by atoms with Gasteiger partial charge in [-0.2, -0.15) is 0 Å². The van der Waals surface area contributed by atoms with Crippen LogP contribution in [0.25, 0.3) is 33.2 Å². The molecule has 10 nitrogen and oxygen atoms in total. The van der Waals surface area contributed by atoms with Crippen LogP contribution >= 0.6 is 0 Å². The van der Waals surface area contributed by atoms with E-state index in [1.54, 1.807) is 49.4 Å². The van der Waals surface area contributed by atoms with E-state index in [2.05, 4.69) is 4.72 Å². The van der Waals surface area contributed by atoms with Gasteiger partial charge in [-0.25, -0.2) is 13.2 Å². The van der Waals surface area contributed by atoms with E-state index in [1.807, 2.05) is 18.2 Å². The Labute approximate surface area is 236 Å². The molecule has 0 amide bonds. The smallest absolute Gasteiger partial charge is 0.344 e. The van der Waals surface area contributed by atoms with Crippen molar-refractivity contribution in [2.24, 2.45) is 0 Å². The largest absolute Gasteiger partial charge is 0.497 e. The number of pyridine rings is 1. The molecule has 0 radical (unpaired) electrons. The maximum Gasteiger partial charge on any atom is 0.344 e.